The Bertz CT molecular complexity index is 736. The van der Waals surface area contributed by atoms with Gasteiger partial charge in [-0.05, 0) is 66.2 Å². The van der Waals surface area contributed by atoms with Crippen LogP contribution in [0.4, 0.5) is 4.79 Å². The van der Waals surface area contributed by atoms with Crippen LogP contribution in [0.2, 0.25) is 0 Å². The first-order valence-electron chi connectivity index (χ1n) is 12.1. The maximum absolute atomic E-state index is 13.1. The van der Waals surface area contributed by atoms with Crippen molar-refractivity contribution in [2.24, 2.45) is 11.8 Å². The number of alkyl carbamates (subject to hydrolysis) is 1. The summed E-state index contributed by atoms with van der Waals surface area (Å²) < 4.78 is 10.6. The molecule has 0 aromatic rings. The van der Waals surface area contributed by atoms with Gasteiger partial charge in [0.15, 0.2) is 0 Å². The molecule has 202 valence electrons. The van der Waals surface area contributed by atoms with Gasteiger partial charge in [-0.25, -0.2) is 4.79 Å². The summed E-state index contributed by atoms with van der Waals surface area (Å²) in [4.78, 5) is 62.3. The third-order valence-electron chi connectivity index (χ3n) is 4.36. The van der Waals surface area contributed by atoms with Gasteiger partial charge in [0.05, 0.1) is 12.5 Å². The molecule has 0 heterocycles. The van der Waals surface area contributed by atoms with E-state index < -0.39 is 59.6 Å². The highest BCUT2D eigenvalue weighted by molar-refractivity contribution is 5.94. The van der Waals surface area contributed by atoms with Crippen LogP contribution in [0.3, 0.4) is 0 Å². The third-order valence-corrected chi connectivity index (χ3v) is 4.36. The van der Waals surface area contributed by atoms with E-state index in [1.807, 2.05) is 27.7 Å². The van der Waals surface area contributed by atoms with Gasteiger partial charge < -0.3 is 30.2 Å². The lowest BCUT2D eigenvalue weighted by atomic mass is 10.0. The van der Waals surface area contributed by atoms with Crippen LogP contribution in [-0.4, -0.2) is 59.5 Å². The van der Waals surface area contributed by atoms with E-state index in [9.17, 15) is 24.0 Å². The Morgan fingerprint density at radius 3 is 1.63 bits per heavy atom. The molecule has 0 radical (unpaired) electrons. The minimum absolute atomic E-state index is 0.0318. The van der Waals surface area contributed by atoms with Crippen molar-refractivity contribution in [2.45, 2.75) is 118 Å². The van der Waals surface area contributed by atoms with E-state index in [2.05, 4.69) is 16.0 Å². The van der Waals surface area contributed by atoms with Crippen LogP contribution in [0.5, 0.6) is 0 Å². The standard InChI is InChI=1S/C25H45N3O7/c1-15(2)11-17(14-29)26-21(31)19(13-20(30)34-24(5,6)7)27-22(32)18(12-16(3)4)28-23(33)35-25(8,9)10/h14-19H,11-13H2,1-10H3,(H,26,31)(H,27,32)(H,28,33)/t17-,18-,19-/m0/s1. The van der Waals surface area contributed by atoms with Gasteiger partial charge in [0, 0.05) is 0 Å². The van der Waals surface area contributed by atoms with Crippen LogP contribution < -0.4 is 16.0 Å². The number of ether oxygens (including phenoxy) is 2. The molecular weight excluding hydrogens is 454 g/mol. The lowest BCUT2D eigenvalue weighted by Crippen LogP contribution is -2.56. The molecule has 0 aliphatic carbocycles. The van der Waals surface area contributed by atoms with Gasteiger partial charge in [-0.2, -0.15) is 0 Å². The number of hydrogen-bond acceptors (Lipinski definition) is 7. The molecule has 3 N–H and O–H groups in total. The molecule has 0 spiro atoms. The highest BCUT2D eigenvalue weighted by Gasteiger charge is 2.32. The molecule has 0 rings (SSSR count). The van der Waals surface area contributed by atoms with E-state index in [0.717, 1.165) is 0 Å². The van der Waals surface area contributed by atoms with E-state index in [4.69, 9.17) is 9.47 Å². The average molecular weight is 500 g/mol. The molecule has 0 saturated heterocycles. The lowest BCUT2D eigenvalue weighted by molar-refractivity contribution is -0.156. The number of esters is 1. The number of aldehydes is 1. The Morgan fingerprint density at radius 1 is 0.714 bits per heavy atom. The molecule has 0 aromatic carbocycles. The molecule has 0 aliphatic rings. The number of nitrogens with one attached hydrogen (secondary N) is 3. The first-order chi connectivity index (χ1) is 15.8. The predicted octanol–water partition coefficient (Wildman–Crippen LogP) is 2.87. The molecule has 0 aliphatic heterocycles. The molecule has 0 fully saturated rings. The summed E-state index contributed by atoms with van der Waals surface area (Å²) in [5.74, 6) is -1.87. The van der Waals surface area contributed by atoms with Crippen molar-refractivity contribution < 1.29 is 33.4 Å². The van der Waals surface area contributed by atoms with Gasteiger partial charge >= 0.3 is 12.1 Å². The van der Waals surface area contributed by atoms with E-state index >= 15 is 0 Å². The highest BCUT2D eigenvalue weighted by atomic mass is 16.6. The van der Waals surface area contributed by atoms with Crippen LogP contribution in [0.25, 0.3) is 0 Å². The fourth-order valence-electron chi connectivity index (χ4n) is 3.12. The van der Waals surface area contributed by atoms with E-state index in [-0.39, 0.29) is 18.3 Å². The molecule has 0 saturated carbocycles. The number of rotatable bonds is 12. The Labute approximate surface area is 209 Å². The van der Waals surface area contributed by atoms with Crippen LogP contribution in [0.1, 0.15) is 88.5 Å². The Balaban J connectivity index is 5.72. The number of carbonyl (C=O) groups is 5. The van der Waals surface area contributed by atoms with Gasteiger partial charge in [-0.15, -0.1) is 0 Å². The summed E-state index contributed by atoms with van der Waals surface area (Å²) in [6.45, 7) is 17.7. The topological polar surface area (TPSA) is 140 Å². The van der Waals surface area contributed by atoms with E-state index in [1.54, 1.807) is 41.5 Å². The second kappa shape index (κ2) is 14.0. The summed E-state index contributed by atoms with van der Waals surface area (Å²) in [5.41, 5.74) is -1.55. The summed E-state index contributed by atoms with van der Waals surface area (Å²) in [6.07, 6.45) is 0.0810. The van der Waals surface area contributed by atoms with Gasteiger partial charge in [0.2, 0.25) is 11.8 Å². The molecule has 10 nitrogen and oxygen atoms in total. The quantitative estimate of drug-likeness (QED) is 0.277. The van der Waals surface area contributed by atoms with Gasteiger partial charge in [-0.3, -0.25) is 14.4 Å². The Kier molecular flexibility index (Phi) is 13.0. The normalized spacial score (nSPS) is 14.5. The number of carbonyl (C=O) groups excluding carboxylic acids is 5. The summed E-state index contributed by atoms with van der Waals surface area (Å²) in [5, 5.41) is 7.67. The van der Waals surface area contributed by atoms with Crippen LogP contribution in [-0.2, 0) is 28.7 Å². The maximum Gasteiger partial charge on any atom is 0.408 e. The van der Waals surface area contributed by atoms with Crippen molar-refractivity contribution in [2.75, 3.05) is 0 Å². The zero-order valence-corrected chi connectivity index (χ0v) is 22.9. The van der Waals surface area contributed by atoms with Crippen LogP contribution in [0, 0.1) is 11.8 Å². The second-order valence-electron chi connectivity index (χ2n) is 11.6. The fraction of sp³-hybridized carbons (Fsp3) is 0.800. The zero-order valence-electron chi connectivity index (χ0n) is 22.9. The Morgan fingerprint density at radius 2 is 1.20 bits per heavy atom. The predicted molar refractivity (Wildman–Crippen MR) is 132 cm³/mol. The molecule has 0 aromatic heterocycles. The molecule has 10 heteroatoms. The number of amides is 3. The monoisotopic (exact) mass is 499 g/mol. The fourth-order valence-corrected chi connectivity index (χ4v) is 3.12. The van der Waals surface area contributed by atoms with Crippen molar-refractivity contribution in [3.8, 4) is 0 Å². The molecular formula is C25H45N3O7. The lowest BCUT2D eigenvalue weighted by Gasteiger charge is -2.27. The molecule has 3 atom stereocenters. The summed E-state index contributed by atoms with van der Waals surface area (Å²) >= 11 is 0. The van der Waals surface area contributed by atoms with Crippen molar-refractivity contribution in [1.82, 2.24) is 16.0 Å². The first-order valence-corrected chi connectivity index (χ1v) is 12.1. The minimum atomic E-state index is -1.30. The molecule has 0 unspecified atom stereocenters. The summed E-state index contributed by atoms with van der Waals surface area (Å²) in [6, 6.07) is -3.08. The van der Waals surface area contributed by atoms with Gasteiger partial charge in [0.1, 0.15) is 29.6 Å². The van der Waals surface area contributed by atoms with Gasteiger partial charge in [-0.1, -0.05) is 27.7 Å². The molecule has 3 amide bonds. The van der Waals surface area contributed by atoms with E-state index in [0.29, 0.717) is 12.7 Å². The highest BCUT2D eigenvalue weighted by Crippen LogP contribution is 2.12. The molecule has 0 bridgehead atoms. The smallest absolute Gasteiger partial charge is 0.408 e. The minimum Gasteiger partial charge on any atom is -0.460 e. The average Bonchev–Trinajstić information content (AvgIpc) is 2.62. The van der Waals surface area contributed by atoms with E-state index in [1.165, 1.54) is 0 Å². The molecule has 35 heavy (non-hydrogen) atoms. The second-order valence-corrected chi connectivity index (χ2v) is 11.6. The third kappa shape index (κ3) is 15.8. The Hall–Kier alpha value is -2.65. The van der Waals surface area contributed by atoms with Crippen LogP contribution in [0.15, 0.2) is 0 Å². The largest absolute Gasteiger partial charge is 0.460 e. The van der Waals surface area contributed by atoms with Gasteiger partial charge in [0.25, 0.3) is 0 Å². The van der Waals surface area contributed by atoms with Crippen molar-refractivity contribution in [1.29, 1.82) is 0 Å². The van der Waals surface area contributed by atoms with Crippen molar-refractivity contribution in [3.63, 3.8) is 0 Å². The van der Waals surface area contributed by atoms with Crippen molar-refractivity contribution >= 4 is 30.2 Å². The summed E-state index contributed by atoms with van der Waals surface area (Å²) in [7, 11) is 0. The maximum atomic E-state index is 13.1. The SMILES string of the molecule is CC(C)C[C@@H](C=O)NC(=O)[C@H](CC(=O)OC(C)(C)C)NC(=O)[C@H](CC(C)C)NC(=O)OC(C)(C)C. The number of hydrogen-bond donors (Lipinski definition) is 3. The van der Waals surface area contributed by atoms with Crippen LogP contribution >= 0.6 is 0 Å². The zero-order chi connectivity index (χ0) is 27.6. The first kappa shape index (κ1) is 32.4. The van der Waals surface area contributed by atoms with Crippen molar-refractivity contribution in [3.05, 3.63) is 0 Å².